The first kappa shape index (κ1) is 14.5. The lowest BCUT2D eigenvalue weighted by Gasteiger charge is -2.36. The van der Waals surface area contributed by atoms with Gasteiger partial charge >= 0.3 is 0 Å². The molecule has 21 heavy (non-hydrogen) atoms. The Bertz CT molecular complexity index is 496. The van der Waals surface area contributed by atoms with Gasteiger partial charge in [0, 0.05) is 37.4 Å². The van der Waals surface area contributed by atoms with E-state index < -0.39 is 0 Å². The molecule has 1 atom stereocenters. The number of nitrogens with zero attached hydrogens (tertiary/aromatic N) is 1. The molecule has 4 nitrogen and oxygen atoms in total. The maximum absolute atomic E-state index is 5.48. The first-order valence-electron chi connectivity index (χ1n) is 7.89. The minimum Gasteiger partial charge on any atom is -0.454 e. The number of nitrogens with one attached hydrogen (secondary N) is 1. The number of hydrogen-bond acceptors (Lipinski definition) is 4. The number of anilines is 1. The van der Waals surface area contributed by atoms with Crippen molar-refractivity contribution in [2.45, 2.75) is 39.7 Å². The van der Waals surface area contributed by atoms with Gasteiger partial charge in [0.2, 0.25) is 6.79 Å². The molecule has 116 valence electrons. The maximum atomic E-state index is 5.48. The number of rotatable bonds is 3. The van der Waals surface area contributed by atoms with Crippen LogP contribution in [0.25, 0.3) is 0 Å². The third-order valence-corrected chi connectivity index (χ3v) is 4.06. The summed E-state index contributed by atoms with van der Waals surface area (Å²) in [5, 5.41) is 3.72. The fraction of sp³-hybridized carbons (Fsp3) is 0.647. The SMILES string of the molecule is CC(C)(C)CNC1CCCN(c2ccc3c(c2)OCO3)C1. The zero-order valence-electron chi connectivity index (χ0n) is 13.3. The average molecular weight is 290 g/mol. The normalized spacial score (nSPS) is 21.7. The van der Waals surface area contributed by atoms with Crippen LogP contribution < -0.4 is 19.7 Å². The van der Waals surface area contributed by atoms with Crippen LogP contribution in [0, 0.1) is 5.41 Å². The molecule has 0 amide bonds. The topological polar surface area (TPSA) is 33.7 Å². The van der Waals surface area contributed by atoms with Crippen LogP contribution in [0.5, 0.6) is 11.5 Å². The quantitative estimate of drug-likeness (QED) is 0.928. The van der Waals surface area contributed by atoms with Gasteiger partial charge in [0.1, 0.15) is 0 Å². The van der Waals surface area contributed by atoms with Crippen molar-refractivity contribution in [2.75, 3.05) is 31.3 Å². The van der Waals surface area contributed by atoms with E-state index >= 15 is 0 Å². The van der Waals surface area contributed by atoms with Crippen LogP contribution in [0.15, 0.2) is 18.2 Å². The van der Waals surface area contributed by atoms with Crippen molar-refractivity contribution < 1.29 is 9.47 Å². The van der Waals surface area contributed by atoms with Crippen molar-refractivity contribution in [1.82, 2.24) is 5.32 Å². The molecule has 0 radical (unpaired) electrons. The highest BCUT2D eigenvalue weighted by molar-refractivity contribution is 5.57. The average Bonchev–Trinajstić information content (AvgIpc) is 2.92. The molecule has 1 saturated heterocycles. The van der Waals surface area contributed by atoms with E-state index in [-0.39, 0.29) is 0 Å². The van der Waals surface area contributed by atoms with Crippen LogP contribution in [0.3, 0.4) is 0 Å². The van der Waals surface area contributed by atoms with Gasteiger partial charge in [0.15, 0.2) is 11.5 Å². The minimum absolute atomic E-state index is 0.334. The molecule has 4 heteroatoms. The molecule has 0 aliphatic carbocycles. The number of piperidine rings is 1. The molecule has 1 unspecified atom stereocenters. The Kier molecular flexibility index (Phi) is 3.98. The largest absolute Gasteiger partial charge is 0.454 e. The van der Waals surface area contributed by atoms with E-state index in [1.54, 1.807) is 0 Å². The summed E-state index contributed by atoms with van der Waals surface area (Å²) in [7, 11) is 0. The predicted molar refractivity (Wildman–Crippen MR) is 85.3 cm³/mol. The van der Waals surface area contributed by atoms with Gasteiger partial charge in [-0.3, -0.25) is 0 Å². The fourth-order valence-electron chi connectivity index (χ4n) is 2.91. The van der Waals surface area contributed by atoms with Crippen LogP contribution in [0.4, 0.5) is 5.69 Å². The number of hydrogen-bond donors (Lipinski definition) is 1. The highest BCUT2D eigenvalue weighted by Gasteiger charge is 2.23. The van der Waals surface area contributed by atoms with E-state index in [9.17, 15) is 0 Å². The molecular weight excluding hydrogens is 264 g/mol. The Morgan fingerprint density at radius 2 is 2.05 bits per heavy atom. The lowest BCUT2D eigenvalue weighted by Crippen LogP contribution is -2.47. The summed E-state index contributed by atoms with van der Waals surface area (Å²) >= 11 is 0. The lowest BCUT2D eigenvalue weighted by molar-refractivity contribution is 0.174. The Morgan fingerprint density at radius 3 is 2.86 bits per heavy atom. The predicted octanol–water partition coefficient (Wildman–Crippen LogP) is 3.02. The van der Waals surface area contributed by atoms with E-state index in [1.165, 1.54) is 18.5 Å². The first-order valence-corrected chi connectivity index (χ1v) is 7.89. The molecule has 1 fully saturated rings. The molecule has 2 aliphatic heterocycles. The summed E-state index contributed by atoms with van der Waals surface area (Å²) in [5.74, 6) is 1.73. The van der Waals surface area contributed by atoms with Gasteiger partial charge in [-0.1, -0.05) is 20.8 Å². The second-order valence-corrected chi connectivity index (χ2v) is 7.26. The molecule has 1 aromatic carbocycles. The van der Waals surface area contributed by atoms with Crippen LogP contribution in [0.1, 0.15) is 33.6 Å². The second-order valence-electron chi connectivity index (χ2n) is 7.26. The molecule has 1 aromatic rings. The summed E-state index contributed by atoms with van der Waals surface area (Å²) in [6.07, 6.45) is 2.49. The molecule has 1 N–H and O–H groups in total. The Hall–Kier alpha value is -1.42. The number of benzene rings is 1. The van der Waals surface area contributed by atoms with Crippen LogP contribution in [-0.4, -0.2) is 32.5 Å². The Morgan fingerprint density at radius 1 is 1.24 bits per heavy atom. The van der Waals surface area contributed by atoms with Gasteiger partial charge in [-0.05, 0) is 30.4 Å². The van der Waals surface area contributed by atoms with E-state index in [0.29, 0.717) is 18.2 Å². The fourth-order valence-corrected chi connectivity index (χ4v) is 2.91. The number of fused-ring (bicyclic) bond motifs is 1. The zero-order chi connectivity index (χ0) is 14.9. The van der Waals surface area contributed by atoms with Crippen molar-refractivity contribution in [3.05, 3.63) is 18.2 Å². The van der Waals surface area contributed by atoms with E-state index in [2.05, 4.69) is 43.1 Å². The smallest absolute Gasteiger partial charge is 0.231 e. The Balaban J connectivity index is 1.63. The van der Waals surface area contributed by atoms with Crippen LogP contribution >= 0.6 is 0 Å². The summed E-state index contributed by atoms with van der Waals surface area (Å²) in [6, 6.07) is 6.83. The molecule has 3 rings (SSSR count). The van der Waals surface area contributed by atoms with Crippen molar-refractivity contribution >= 4 is 5.69 Å². The zero-order valence-corrected chi connectivity index (χ0v) is 13.3. The second kappa shape index (κ2) is 5.76. The highest BCUT2D eigenvalue weighted by atomic mass is 16.7. The monoisotopic (exact) mass is 290 g/mol. The van der Waals surface area contributed by atoms with Gasteiger partial charge in [0.05, 0.1) is 0 Å². The third kappa shape index (κ3) is 3.62. The van der Waals surface area contributed by atoms with Crippen molar-refractivity contribution in [3.8, 4) is 11.5 Å². The molecule has 2 heterocycles. The standard InChI is InChI=1S/C17H26N2O2/c1-17(2,3)11-18-13-5-4-8-19(10-13)14-6-7-15-16(9-14)21-12-20-15/h6-7,9,13,18H,4-5,8,10-12H2,1-3H3. The summed E-state index contributed by atoms with van der Waals surface area (Å²) in [5.41, 5.74) is 1.57. The molecule has 0 aromatic heterocycles. The molecule has 0 saturated carbocycles. The Labute approximate surface area is 127 Å². The molecule has 0 bridgehead atoms. The van der Waals surface area contributed by atoms with Crippen molar-refractivity contribution in [3.63, 3.8) is 0 Å². The summed E-state index contributed by atoms with van der Waals surface area (Å²) in [6.45, 7) is 10.4. The van der Waals surface area contributed by atoms with Gasteiger partial charge in [-0.15, -0.1) is 0 Å². The van der Waals surface area contributed by atoms with E-state index in [4.69, 9.17) is 9.47 Å². The van der Waals surface area contributed by atoms with E-state index in [1.807, 2.05) is 6.07 Å². The lowest BCUT2D eigenvalue weighted by atomic mass is 9.95. The molecule has 2 aliphatic rings. The summed E-state index contributed by atoms with van der Waals surface area (Å²) < 4.78 is 10.9. The highest BCUT2D eigenvalue weighted by Crippen LogP contribution is 2.36. The third-order valence-electron chi connectivity index (χ3n) is 4.06. The van der Waals surface area contributed by atoms with Gasteiger partial charge < -0.3 is 19.7 Å². The molecular formula is C17H26N2O2. The maximum Gasteiger partial charge on any atom is 0.231 e. The van der Waals surface area contributed by atoms with Crippen molar-refractivity contribution in [2.24, 2.45) is 5.41 Å². The van der Waals surface area contributed by atoms with Crippen molar-refractivity contribution in [1.29, 1.82) is 0 Å². The summed E-state index contributed by atoms with van der Waals surface area (Å²) in [4.78, 5) is 2.45. The van der Waals surface area contributed by atoms with Gasteiger partial charge in [-0.25, -0.2) is 0 Å². The number of ether oxygens (including phenoxy) is 2. The first-order chi connectivity index (χ1) is 10.0. The minimum atomic E-state index is 0.334. The van der Waals surface area contributed by atoms with Crippen LogP contribution in [-0.2, 0) is 0 Å². The molecule has 0 spiro atoms. The van der Waals surface area contributed by atoms with Crippen LogP contribution in [0.2, 0.25) is 0 Å². The van der Waals surface area contributed by atoms with E-state index in [0.717, 1.165) is 31.1 Å². The van der Waals surface area contributed by atoms with Gasteiger partial charge in [0.25, 0.3) is 0 Å². The van der Waals surface area contributed by atoms with Gasteiger partial charge in [-0.2, -0.15) is 0 Å².